The number of halogens is 2. The van der Waals surface area contributed by atoms with Crippen molar-refractivity contribution >= 4 is 45.1 Å². The van der Waals surface area contributed by atoms with Crippen LogP contribution >= 0.6 is 23.2 Å². The van der Waals surface area contributed by atoms with Gasteiger partial charge in [-0.2, -0.15) is 0 Å². The van der Waals surface area contributed by atoms with Crippen LogP contribution in [0.2, 0.25) is 10.0 Å². The third-order valence-corrected chi connectivity index (χ3v) is 9.65. The summed E-state index contributed by atoms with van der Waals surface area (Å²) in [5, 5.41) is 13.7. The van der Waals surface area contributed by atoms with Crippen molar-refractivity contribution in [2.24, 2.45) is 11.3 Å². The number of nitrogens with one attached hydrogen (secondary N) is 2. The molecule has 4 atom stereocenters. The van der Waals surface area contributed by atoms with E-state index in [1.807, 2.05) is 30.3 Å². The smallest absolute Gasteiger partial charge is 0.304 e. The molecule has 0 spiro atoms. The molecular weight excluding hydrogens is 535 g/mol. The molecule has 0 radical (unpaired) electrons. The first-order valence-corrected chi connectivity index (χ1v) is 14.8. The van der Waals surface area contributed by atoms with Crippen molar-refractivity contribution in [1.82, 2.24) is 10.0 Å². The summed E-state index contributed by atoms with van der Waals surface area (Å²) >= 11 is 12.5. The molecule has 7 nitrogen and oxygen atoms in total. The number of aliphatic carboxylic acids is 1. The minimum atomic E-state index is -3.63. The number of benzene rings is 2. The Balaban J connectivity index is 1.81. The van der Waals surface area contributed by atoms with Crippen LogP contribution in [0.15, 0.2) is 48.5 Å². The lowest BCUT2D eigenvalue weighted by molar-refractivity contribution is -0.147. The van der Waals surface area contributed by atoms with E-state index in [-0.39, 0.29) is 36.3 Å². The topological polar surface area (TPSA) is 113 Å². The van der Waals surface area contributed by atoms with Gasteiger partial charge in [0.25, 0.3) is 0 Å². The number of hydrogen-bond acceptors (Lipinski definition) is 4. The molecule has 10 heteroatoms. The molecule has 3 N–H and O–H groups in total. The first kappa shape index (κ1) is 27.9. The van der Waals surface area contributed by atoms with Gasteiger partial charge in [0.2, 0.25) is 15.9 Å². The number of hydrogen-bond donors (Lipinski definition) is 3. The molecule has 0 bridgehead atoms. The molecule has 1 aliphatic carbocycles. The molecule has 1 saturated heterocycles. The van der Waals surface area contributed by atoms with E-state index in [9.17, 15) is 23.1 Å². The minimum absolute atomic E-state index is 0.0410. The van der Waals surface area contributed by atoms with E-state index in [1.54, 1.807) is 32.0 Å². The van der Waals surface area contributed by atoms with Crippen LogP contribution in [0.5, 0.6) is 0 Å². The maximum atomic E-state index is 13.3. The van der Waals surface area contributed by atoms with Gasteiger partial charge in [-0.25, -0.2) is 13.1 Å². The highest BCUT2D eigenvalue weighted by Crippen LogP contribution is 2.52. The van der Waals surface area contributed by atoms with E-state index < -0.39 is 33.0 Å². The second-order valence-electron chi connectivity index (χ2n) is 10.5. The molecule has 2 aliphatic rings. The molecular formula is C27H32Cl2N2O5S. The fourth-order valence-electron chi connectivity index (χ4n) is 5.65. The Morgan fingerprint density at radius 3 is 2.41 bits per heavy atom. The lowest BCUT2D eigenvalue weighted by atomic mass is 9.66. The standard InChI is InChI=1S/C27H32Cl2N2O5S/c1-3-37(35,36)31-27(18-7-8-18,19-9-11-20(28)12-10-19)15-23-22(17-5-4-6-21(29)13-17)14-26(2,16-24(32)33)25(34)30-23/h4-6,9-13,18,22-23,31H,3,7-8,14-16H2,1-2H3,(H,30,34)(H,32,33). The van der Waals surface area contributed by atoms with Crippen LogP contribution in [-0.4, -0.2) is 37.2 Å². The highest BCUT2D eigenvalue weighted by molar-refractivity contribution is 7.89. The molecule has 2 aromatic rings. The molecule has 4 unspecified atom stereocenters. The Hall–Kier alpha value is -2.13. The number of piperidine rings is 1. The number of amides is 1. The molecule has 1 amide bonds. The number of carbonyl (C=O) groups excluding carboxylic acids is 1. The zero-order chi connectivity index (χ0) is 27.0. The molecule has 1 heterocycles. The van der Waals surface area contributed by atoms with E-state index >= 15 is 0 Å². The van der Waals surface area contributed by atoms with E-state index in [0.717, 1.165) is 24.0 Å². The molecule has 1 aliphatic heterocycles. The summed E-state index contributed by atoms with van der Waals surface area (Å²) in [6, 6.07) is 14.0. The summed E-state index contributed by atoms with van der Waals surface area (Å²) in [4.78, 5) is 25.0. The second-order valence-corrected chi connectivity index (χ2v) is 13.4. The SMILES string of the molecule is CCS(=O)(=O)NC(CC1NC(=O)C(C)(CC(=O)O)CC1c1cccc(Cl)c1)(c1ccc(Cl)cc1)C1CC1. The number of carbonyl (C=O) groups is 2. The summed E-state index contributed by atoms with van der Waals surface area (Å²) in [6.07, 6.45) is 1.96. The van der Waals surface area contributed by atoms with Crippen molar-refractivity contribution in [2.75, 3.05) is 5.75 Å². The van der Waals surface area contributed by atoms with Gasteiger partial charge in [0, 0.05) is 22.0 Å². The van der Waals surface area contributed by atoms with Crippen LogP contribution in [0.4, 0.5) is 0 Å². The van der Waals surface area contributed by atoms with E-state index in [2.05, 4.69) is 10.0 Å². The third-order valence-electron chi connectivity index (χ3n) is 7.73. The van der Waals surface area contributed by atoms with Gasteiger partial charge in [0.15, 0.2) is 0 Å². The van der Waals surface area contributed by atoms with Gasteiger partial charge < -0.3 is 10.4 Å². The summed E-state index contributed by atoms with van der Waals surface area (Å²) < 4.78 is 29.0. The van der Waals surface area contributed by atoms with Crippen LogP contribution in [0, 0.1) is 11.3 Å². The normalized spacial score (nSPS) is 25.8. The summed E-state index contributed by atoms with van der Waals surface area (Å²) in [6.45, 7) is 3.26. The van der Waals surface area contributed by atoms with Gasteiger partial charge in [-0.05, 0) is 73.9 Å². The fraction of sp³-hybridized carbons (Fsp3) is 0.481. The van der Waals surface area contributed by atoms with Gasteiger partial charge in [-0.3, -0.25) is 9.59 Å². The Morgan fingerprint density at radius 1 is 1.16 bits per heavy atom. The van der Waals surface area contributed by atoms with Gasteiger partial charge in [-0.1, -0.05) is 54.4 Å². The van der Waals surface area contributed by atoms with Crippen molar-refractivity contribution in [2.45, 2.75) is 63.5 Å². The zero-order valence-electron chi connectivity index (χ0n) is 20.8. The van der Waals surface area contributed by atoms with Crippen LogP contribution < -0.4 is 10.0 Å². The minimum Gasteiger partial charge on any atom is -0.481 e. The Kier molecular flexibility index (Phi) is 7.96. The van der Waals surface area contributed by atoms with Gasteiger partial charge in [-0.15, -0.1) is 0 Å². The first-order valence-electron chi connectivity index (χ1n) is 12.4. The number of carboxylic acids is 1. The lowest BCUT2D eigenvalue weighted by Crippen LogP contribution is -2.58. The Bertz CT molecular complexity index is 1280. The maximum absolute atomic E-state index is 13.3. The maximum Gasteiger partial charge on any atom is 0.304 e. The number of rotatable bonds is 10. The van der Waals surface area contributed by atoms with Crippen LogP contribution in [-0.2, 0) is 25.2 Å². The molecule has 0 aromatic heterocycles. The molecule has 4 rings (SSSR count). The van der Waals surface area contributed by atoms with Crippen molar-refractivity contribution in [3.8, 4) is 0 Å². The van der Waals surface area contributed by atoms with Crippen molar-refractivity contribution < 1.29 is 23.1 Å². The van der Waals surface area contributed by atoms with Gasteiger partial charge >= 0.3 is 5.97 Å². The summed E-state index contributed by atoms with van der Waals surface area (Å²) in [5.41, 5.74) is -0.433. The molecule has 2 aromatic carbocycles. The largest absolute Gasteiger partial charge is 0.481 e. The lowest BCUT2D eigenvalue weighted by Gasteiger charge is -2.46. The van der Waals surface area contributed by atoms with Crippen molar-refractivity contribution in [3.05, 3.63) is 69.7 Å². The highest BCUT2D eigenvalue weighted by atomic mass is 35.5. The average Bonchev–Trinajstić information content (AvgIpc) is 3.67. The number of carboxylic acid groups (broad SMARTS) is 1. The highest BCUT2D eigenvalue weighted by Gasteiger charge is 2.53. The quantitative estimate of drug-likeness (QED) is 0.371. The van der Waals surface area contributed by atoms with Crippen LogP contribution in [0.3, 0.4) is 0 Å². The predicted octanol–water partition coefficient (Wildman–Crippen LogP) is 5.08. The third kappa shape index (κ3) is 6.14. The van der Waals surface area contributed by atoms with E-state index in [1.165, 1.54) is 0 Å². The molecule has 1 saturated carbocycles. The van der Waals surface area contributed by atoms with Crippen molar-refractivity contribution in [1.29, 1.82) is 0 Å². The summed E-state index contributed by atoms with van der Waals surface area (Å²) in [7, 11) is -3.63. The Morgan fingerprint density at radius 2 is 1.84 bits per heavy atom. The van der Waals surface area contributed by atoms with Crippen molar-refractivity contribution in [3.63, 3.8) is 0 Å². The monoisotopic (exact) mass is 566 g/mol. The average molecular weight is 568 g/mol. The molecule has 200 valence electrons. The second kappa shape index (κ2) is 10.6. The Labute approximate surface area is 228 Å². The van der Waals surface area contributed by atoms with E-state index in [0.29, 0.717) is 16.5 Å². The van der Waals surface area contributed by atoms with E-state index in [4.69, 9.17) is 23.2 Å². The van der Waals surface area contributed by atoms with Crippen LogP contribution in [0.25, 0.3) is 0 Å². The predicted molar refractivity (Wildman–Crippen MR) is 144 cm³/mol. The van der Waals surface area contributed by atoms with Gasteiger partial charge in [0.1, 0.15) is 0 Å². The molecule has 2 fully saturated rings. The summed E-state index contributed by atoms with van der Waals surface area (Å²) in [5.74, 6) is -1.72. The van der Waals surface area contributed by atoms with Gasteiger partial charge in [0.05, 0.1) is 23.1 Å². The fourth-order valence-corrected chi connectivity index (χ4v) is 7.05. The molecule has 37 heavy (non-hydrogen) atoms. The zero-order valence-corrected chi connectivity index (χ0v) is 23.2. The van der Waals surface area contributed by atoms with Crippen LogP contribution in [0.1, 0.15) is 63.0 Å². The number of sulfonamides is 1. The first-order chi connectivity index (χ1) is 17.4.